The number of rotatable bonds is 6. The molecule has 7 heteroatoms. The van der Waals surface area contributed by atoms with Crippen LogP contribution in [-0.4, -0.2) is 23.5 Å². The summed E-state index contributed by atoms with van der Waals surface area (Å²) in [7, 11) is 0. The highest BCUT2D eigenvalue weighted by atomic mass is 79.9. The van der Waals surface area contributed by atoms with Crippen molar-refractivity contribution in [3.63, 3.8) is 0 Å². The second-order valence-corrected chi connectivity index (χ2v) is 6.98. The molecule has 0 saturated carbocycles. The van der Waals surface area contributed by atoms with Gasteiger partial charge >= 0.3 is 0 Å². The first-order valence-corrected chi connectivity index (χ1v) is 9.93. The summed E-state index contributed by atoms with van der Waals surface area (Å²) in [6.45, 7) is 2.95. The van der Waals surface area contributed by atoms with Crippen LogP contribution < -0.4 is 15.4 Å². The van der Waals surface area contributed by atoms with Crippen LogP contribution in [0.15, 0.2) is 82.5 Å². The van der Waals surface area contributed by atoms with Crippen LogP contribution in [0.25, 0.3) is 0 Å². The molecule has 0 bridgehead atoms. The second kappa shape index (κ2) is 10.4. The molecule has 0 saturated heterocycles. The molecule has 0 radical (unpaired) electrons. The lowest BCUT2D eigenvalue weighted by molar-refractivity contribution is 0.0977. The van der Waals surface area contributed by atoms with E-state index in [9.17, 15) is 4.79 Å². The molecular formula is C22H21BrN4O2. The molecule has 0 aliphatic carbocycles. The standard InChI is InChI=1S/C22H21BrN4O2/c1-2-29-20-9-7-19(8-10-20)26-22(25-15-16-11-13-24-14-12-16)27-21(28)17-3-5-18(23)6-4-17/h3-14H,2,15H2,1H3,(H2,25,26,27,28). The number of aromatic nitrogens is 1. The van der Waals surface area contributed by atoms with Crippen molar-refractivity contribution in [1.82, 2.24) is 10.3 Å². The highest BCUT2D eigenvalue weighted by Crippen LogP contribution is 2.16. The fraction of sp³-hybridized carbons (Fsp3) is 0.136. The van der Waals surface area contributed by atoms with E-state index in [1.54, 1.807) is 24.5 Å². The Morgan fingerprint density at radius 1 is 1.03 bits per heavy atom. The fourth-order valence-corrected chi connectivity index (χ4v) is 2.75. The number of guanidine groups is 1. The van der Waals surface area contributed by atoms with Gasteiger partial charge in [-0.2, -0.15) is 0 Å². The molecule has 0 atom stereocenters. The Morgan fingerprint density at radius 2 is 1.72 bits per heavy atom. The Hall–Kier alpha value is -3.19. The van der Waals surface area contributed by atoms with Gasteiger partial charge in [0.2, 0.25) is 5.96 Å². The van der Waals surface area contributed by atoms with E-state index in [1.165, 1.54) is 0 Å². The molecular weight excluding hydrogens is 432 g/mol. The number of halogens is 1. The summed E-state index contributed by atoms with van der Waals surface area (Å²) >= 11 is 3.37. The minimum Gasteiger partial charge on any atom is -0.494 e. The second-order valence-electron chi connectivity index (χ2n) is 6.06. The van der Waals surface area contributed by atoms with Crippen LogP contribution >= 0.6 is 15.9 Å². The Balaban J connectivity index is 1.76. The summed E-state index contributed by atoms with van der Waals surface area (Å²) in [5.41, 5.74) is 2.32. The summed E-state index contributed by atoms with van der Waals surface area (Å²) in [5, 5.41) is 6.02. The topological polar surface area (TPSA) is 75.6 Å². The number of nitrogens with one attached hydrogen (secondary N) is 2. The number of carbonyl (C=O) groups excluding carboxylic acids is 1. The molecule has 29 heavy (non-hydrogen) atoms. The number of carbonyl (C=O) groups is 1. The Kier molecular flexibility index (Phi) is 7.35. The molecule has 3 rings (SSSR count). The SMILES string of the molecule is CCOc1ccc(NC(=NCc2ccncc2)NC(=O)c2ccc(Br)cc2)cc1. The smallest absolute Gasteiger partial charge is 0.257 e. The Labute approximate surface area is 178 Å². The maximum absolute atomic E-state index is 12.6. The first-order chi connectivity index (χ1) is 14.1. The van der Waals surface area contributed by atoms with Crippen molar-refractivity contribution in [2.24, 2.45) is 4.99 Å². The van der Waals surface area contributed by atoms with E-state index in [1.807, 2.05) is 55.5 Å². The molecule has 0 unspecified atom stereocenters. The molecule has 1 heterocycles. The summed E-state index contributed by atoms with van der Waals surface area (Å²) in [6, 6.07) is 18.4. The summed E-state index contributed by atoms with van der Waals surface area (Å²) in [6.07, 6.45) is 3.43. The first kappa shape index (κ1) is 20.5. The monoisotopic (exact) mass is 452 g/mol. The quantitative estimate of drug-likeness (QED) is 0.421. The molecule has 3 aromatic rings. The molecule has 0 spiro atoms. The number of hydrogen-bond donors (Lipinski definition) is 2. The summed E-state index contributed by atoms with van der Waals surface area (Å²) in [4.78, 5) is 21.2. The molecule has 0 aliphatic rings. The third-order valence-corrected chi connectivity index (χ3v) is 4.46. The van der Waals surface area contributed by atoms with E-state index < -0.39 is 0 Å². The van der Waals surface area contributed by atoms with Crippen LogP contribution in [0.3, 0.4) is 0 Å². The zero-order valence-corrected chi connectivity index (χ0v) is 17.5. The van der Waals surface area contributed by atoms with Gasteiger partial charge in [-0.3, -0.25) is 15.1 Å². The molecule has 0 aliphatic heterocycles. The minimum atomic E-state index is -0.246. The summed E-state index contributed by atoms with van der Waals surface area (Å²) in [5.74, 6) is 0.899. The number of ether oxygens (including phenoxy) is 1. The van der Waals surface area contributed by atoms with Crippen LogP contribution in [0.5, 0.6) is 5.75 Å². The van der Waals surface area contributed by atoms with Crippen molar-refractivity contribution in [2.45, 2.75) is 13.5 Å². The number of hydrogen-bond acceptors (Lipinski definition) is 4. The molecule has 6 nitrogen and oxygen atoms in total. The van der Waals surface area contributed by atoms with E-state index in [0.29, 0.717) is 24.7 Å². The van der Waals surface area contributed by atoms with Gasteiger partial charge in [-0.1, -0.05) is 15.9 Å². The van der Waals surface area contributed by atoms with E-state index in [0.717, 1.165) is 21.5 Å². The number of nitrogens with zero attached hydrogens (tertiary/aromatic N) is 2. The van der Waals surface area contributed by atoms with Crippen molar-refractivity contribution in [3.05, 3.63) is 88.7 Å². The molecule has 0 fully saturated rings. The van der Waals surface area contributed by atoms with Crippen molar-refractivity contribution < 1.29 is 9.53 Å². The normalized spacial score (nSPS) is 11.0. The van der Waals surface area contributed by atoms with Gasteiger partial charge in [0.15, 0.2) is 0 Å². The number of pyridine rings is 1. The lowest BCUT2D eigenvalue weighted by Gasteiger charge is -2.13. The third-order valence-electron chi connectivity index (χ3n) is 3.94. The van der Waals surface area contributed by atoms with Crippen molar-refractivity contribution in [3.8, 4) is 5.75 Å². The minimum absolute atomic E-state index is 0.246. The van der Waals surface area contributed by atoms with E-state index in [-0.39, 0.29) is 5.91 Å². The van der Waals surface area contributed by atoms with E-state index in [4.69, 9.17) is 4.74 Å². The number of benzene rings is 2. The van der Waals surface area contributed by atoms with Gasteiger partial charge < -0.3 is 10.1 Å². The predicted molar refractivity (Wildman–Crippen MR) is 118 cm³/mol. The lowest BCUT2D eigenvalue weighted by Crippen LogP contribution is -2.36. The van der Waals surface area contributed by atoms with Gasteiger partial charge in [0.05, 0.1) is 13.2 Å². The largest absolute Gasteiger partial charge is 0.494 e. The average Bonchev–Trinajstić information content (AvgIpc) is 2.75. The van der Waals surface area contributed by atoms with Crippen molar-refractivity contribution >= 4 is 33.5 Å². The van der Waals surface area contributed by atoms with Crippen LogP contribution in [0.2, 0.25) is 0 Å². The molecule has 1 aromatic heterocycles. The molecule has 2 aromatic carbocycles. The number of aliphatic imine (C=N–C) groups is 1. The predicted octanol–water partition coefficient (Wildman–Crippen LogP) is 4.64. The molecule has 148 valence electrons. The Morgan fingerprint density at radius 3 is 2.38 bits per heavy atom. The van der Waals surface area contributed by atoms with E-state index in [2.05, 4.69) is 36.5 Å². The molecule has 1 amide bonds. The molecule has 2 N–H and O–H groups in total. The van der Waals surface area contributed by atoms with Gasteiger partial charge in [0, 0.05) is 28.1 Å². The fourth-order valence-electron chi connectivity index (χ4n) is 2.49. The zero-order chi connectivity index (χ0) is 20.5. The Bertz CT molecular complexity index is 958. The van der Waals surface area contributed by atoms with Gasteiger partial charge in [0.25, 0.3) is 5.91 Å². The third kappa shape index (κ3) is 6.43. The van der Waals surface area contributed by atoms with Crippen molar-refractivity contribution in [2.75, 3.05) is 11.9 Å². The highest BCUT2D eigenvalue weighted by Gasteiger charge is 2.10. The van der Waals surface area contributed by atoms with Crippen LogP contribution in [0.4, 0.5) is 5.69 Å². The van der Waals surface area contributed by atoms with Crippen LogP contribution in [-0.2, 0) is 6.54 Å². The highest BCUT2D eigenvalue weighted by molar-refractivity contribution is 9.10. The van der Waals surface area contributed by atoms with Crippen LogP contribution in [0, 0.1) is 0 Å². The maximum atomic E-state index is 12.6. The number of amides is 1. The van der Waals surface area contributed by atoms with Crippen LogP contribution in [0.1, 0.15) is 22.8 Å². The summed E-state index contributed by atoms with van der Waals surface area (Å²) < 4.78 is 6.38. The van der Waals surface area contributed by atoms with E-state index >= 15 is 0 Å². The zero-order valence-electron chi connectivity index (χ0n) is 15.9. The van der Waals surface area contributed by atoms with Crippen molar-refractivity contribution in [1.29, 1.82) is 0 Å². The maximum Gasteiger partial charge on any atom is 0.257 e. The van der Waals surface area contributed by atoms with Gasteiger partial charge in [-0.25, -0.2) is 4.99 Å². The first-order valence-electron chi connectivity index (χ1n) is 9.14. The number of anilines is 1. The van der Waals surface area contributed by atoms with Gasteiger partial charge in [0.1, 0.15) is 5.75 Å². The van der Waals surface area contributed by atoms with Gasteiger partial charge in [-0.05, 0) is 73.2 Å². The van der Waals surface area contributed by atoms with Gasteiger partial charge in [-0.15, -0.1) is 0 Å². The lowest BCUT2D eigenvalue weighted by atomic mass is 10.2. The average molecular weight is 453 g/mol.